The highest BCUT2D eigenvalue weighted by atomic mass is 79.9. The second kappa shape index (κ2) is 6.82. The Hall–Kier alpha value is -0.450. The largest absolute Gasteiger partial charge is 0.271 e. The predicted molar refractivity (Wildman–Crippen MR) is 80.0 cm³/mol. The van der Waals surface area contributed by atoms with Crippen LogP contribution in [0.25, 0.3) is 0 Å². The minimum absolute atomic E-state index is 0.209. The Labute approximate surface area is 123 Å². The molecule has 0 heterocycles. The Bertz CT molecular complexity index is 425. The van der Waals surface area contributed by atoms with E-state index in [1.54, 1.807) is 0 Å². The zero-order valence-electron chi connectivity index (χ0n) is 11.3. The molecule has 3 unspecified atom stereocenters. The molecule has 0 amide bonds. The summed E-state index contributed by atoms with van der Waals surface area (Å²) >= 11 is 3.43. The van der Waals surface area contributed by atoms with Gasteiger partial charge in [-0.1, -0.05) is 41.8 Å². The van der Waals surface area contributed by atoms with Gasteiger partial charge in [0.15, 0.2) is 0 Å². The summed E-state index contributed by atoms with van der Waals surface area (Å²) in [5, 5.41) is 0. The van der Waals surface area contributed by atoms with E-state index in [2.05, 4.69) is 28.3 Å². The first-order chi connectivity index (χ1) is 9.10. The summed E-state index contributed by atoms with van der Waals surface area (Å²) < 4.78 is 13.9. The Kier molecular flexibility index (Phi) is 5.37. The SMILES string of the molecule is CC1CCCC(C(Cc2ccc(F)cc2Br)NN)C1. The van der Waals surface area contributed by atoms with Crippen LogP contribution in [0.15, 0.2) is 22.7 Å². The first kappa shape index (κ1) is 14.9. The number of rotatable bonds is 4. The fraction of sp³-hybridized carbons (Fsp3) is 0.600. The van der Waals surface area contributed by atoms with E-state index in [-0.39, 0.29) is 11.9 Å². The summed E-state index contributed by atoms with van der Waals surface area (Å²) in [5.41, 5.74) is 4.08. The van der Waals surface area contributed by atoms with Crippen molar-refractivity contribution in [2.75, 3.05) is 0 Å². The van der Waals surface area contributed by atoms with Crippen molar-refractivity contribution in [2.24, 2.45) is 17.7 Å². The summed E-state index contributed by atoms with van der Waals surface area (Å²) in [6.07, 6.45) is 5.92. The average Bonchev–Trinajstić information content (AvgIpc) is 2.38. The van der Waals surface area contributed by atoms with Gasteiger partial charge in [-0.2, -0.15) is 0 Å². The molecule has 1 aromatic carbocycles. The van der Waals surface area contributed by atoms with Crippen molar-refractivity contribution < 1.29 is 4.39 Å². The number of hydrogen-bond acceptors (Lipinski definition) is 2. The van der Waals surface area contributed by atoms with Crippen LogP contribution in [0.1, 0.15) is 38.2 Å². The molecule has 1 saturated carbocycles. The first-order valence-corrected chi connectivity index (χ1v) is 7.79. The van der Waals surface area contributed by atoms with Gasteiger partial charge in [-0.25, -0.2) is 4.39 Å². The monoisotopic (exact) mass is 328 g/mol. The molecule has 0 aromatic heterocycles. The van der Waals surface area contributed by atoms with Crippen LogP contribution in [-0.2, 0) is 6.42 Å². The zero-order chi connectivity index (χ0) is 13.8. The van der Waals surface area contributed by atoms with Crippen LogP contribution < -0.4 is 11.3 Å². The molecule has 0 spiro atoms. The standard InChI is InChI=1S/C15H22BrFN2/c1-10-3-2-4-12(7-10)15(19-18)8-11-5-6-13(17)9-14(11)16/h5-6,9-10,12,15,19H,2-4,7-8,18H2,1H3. The molecule has 2 nitrogen and oxygen atoms in total. The third kappa shape index (κ3) is 4.01. The van der Waals surface area contributed by atoms with Gasteiger partial charge < -0.3 is 0 Å². The van der Waals surface area contributed by atoms with E-state index in [1.165, 1.54) is 37.8 Å². The Morgan fingerprint density at radius 2 is 2.26 bits per heavy atom. The average molecular weight is 329 g/mol. The molecular formula is C15H22BrFN2. The van der Waals surface area contributed by atoms with E-state index in [1.807, 2.05) is 6.07 Å². The molecule has 1 aromatic rings. The quantitative estimate of drug-likeness (QED) is 0.651. The number of hydrogen-bond donors (Lipinski definition) is 2. The van der Waals surface area contributed by atoms with Gasteiger partial charge in [0.05, 0.1) is 0 Å². The second-order valence-electron chi connectivity index (χ2n) is 5.74. The van der Waals surface area contributed by atoms with Crippen LogP contribution in [0.3, 0.4) is 0 Å². The highest BCUT2D eigenvalue weighted by Gasteiger charge is 2.26. The Morgan fingerprint density at radius 3 is 2.89 bits per heavy atom. The number of nitrogens with two attached hydrogens (primary N) is 1. The van der Waals surface area contributed by atoms with Crippen LogP contribution >= 0.6 is 15.9 Å². The van der Waals surface area contributed by atoms with E-state index >= 15 is 0 Å². The van der Waals surface area contributed by atoms with E-state index in [0.29, 0.717) is 5.92 Å². The molecular weight excluding hydrogens is 307 g/mol. The molecule has 4 heteroatoms. The van der Waals surface area contributed by atoms with Crippen molar-refractivity contribution in [2.45, 2.75) is 45.1 Å². The van der Waals surface area contributed by atoms with Crippen LogP contribution in [0.5, 0.6) is 0 Å². The molecule has 0 aliphatic heterocycles. The fourth-order valence-corrected chi connectivity index (χ4v) is 3.65. The molecule has 3 N–H and O–H groups in total. The van der Waals surface area contributed by atoms with Crippen LogP contribution in [-0.4, -0.2) is 6.04 Å². The third-order valence-corrected chi connectivity index (χ3v) is 4.95. The van der Waals surface area contributed by atoms with Crippen LogP contribution in [0.2, 0.25) is 0 Å². The summed E-state index contributed by atoms with van der Waals surface area (Å²) in [5.74, 6) is 6.93. The molecule has 0 saturated heterocycles. The van der Waals surface area contributed by atoms with Gasteiger partial charge in [-0.05, 0) is 48.8 Å². The van der Waals surface area contributed by atoms with E-state index in [4.69, 9.17) is 5.84 Å². The molecule has 1 aliphatic rings. The summed E-state index contributed by atoms with van der Waals surface area (Å²) in [4.78, 5) is 0. The lowest BCUT2D eigenvalue weighted by molar-refractivity contribution is 0.222. The zero-order valence-corrected chi connectivity index (χ0v) is 12.9. The molecule has 0 radical (unpaired) electrons. The number of benzene rings is 1. The van der Waals surface area contributed by atoms with E-state index in [0.717, 1.165) is 22.4 Å². The summed E-state index contributed by atoms with van der Waals surface area (Å²) in [7, 11) is 0. The van der Waals surface area contributed by atoms with Gasteiger partial charge >= 0.3 is 0 Å². The Balaban J connectivity index is 2.05. The lowest BCUT2D eigenvalue weighted by atomic mass is 9.77. The molecule has 1 fully saturated rings. The smallest absolute Gasteiger partial charge is 0.124 e. The maximum absolute atomic E-state index is 13.1. The van der Waals surface area contributed by atoms with Gasteiger partial charge in [0.1, 0.15) is 5.82 Å². The topological polar surface area (TPSA) is 38.0 Å². The molecule has 0 bridgehead atoms. The molecule has 106 valence electrons. The third-order valence-electron chi connectivity index (χ3n) is 4.22. The number of nitrogens with one attached hydrogen (secondary N) is 1. The van der Waals surface area contributed by atoms with Crippen molar-refractivity contribution in [3.63, 3.8) is 0 Å². The normalized spacial score (nSPS) is 25.3. The maximum atomic E-state index is 13.1. The highest BCUT2D eigenvalue weighted by Crippen LogP contribution is 2.32. The van der Waals surface area contributed by atoms with Crippen molar-refractivity contribution in [1.82, 2.24) is 5.43 Å². The second-order valence-corrected chi connectivity index (χ2v) is 6.60. The van der Waals surface area contributed by atoms with Crippen molar-refractivity contribution in [3.8, 4) is 0 Å². The van der Waals surface area contributed by atoms with Gasteiger partial charge in [0.25, 0.3) is 0 Å². The van der Waals surface area contributed by atoms with E-state index in [9.17, 15) is 4.39 Å². The minimum atomic E-state index is -0.209. The van der Waals surface area contributed by atoms with Gasteiger partial charge in [0, 0.05) is 10.5 Å². The molecule has 3 atom stereocenters. The fourth-order valence-electron chi connectivity index (χ4n) is 3.13. The molecule has 1 aliphatic carbocycles. The van der Waals surface area contributed by atoms with E-state index < -0.39 is 0 Å². The highest BCUT2D eigenvalue weighted by molar-refractivity contribution is 9.10. The van der Waals surface area contributed by atoms with Crippen LogP contribution in [0, 0.1) is 17.7 Å². The van der Waals surface area contributed by atoms with Gasteiger partial charge in [-0.15, -0.1) is 0 Å². The van der Waals surface area contributed by atoms with Crippen molar-refractivity contribution >= 4 is 15.9 Å². The number of hydrazine groups is 1. The maximum Gasteiger partial charge on any atom is 0.124 e. The Morgan fingerprint density at radius 1 is 1.47 bits per heavy atom. The lowest BCUT2D eigenvalue weighted by Crippen LogP contribution is -2.44. The van der Waals surface area contributed by atoms with Gasteiger partial charge in [-0.3, -0.25) is 11.3 Å². The first-order valence-electron chi connectivity index (χ1n) is 7.00. The van der Waals surface area contributed by atoms with Crippen molar-refractivity contribution in [1.29, 1.82) is 0 Å². The van der Waals surface area contributed by atoms with Crippen molar-refractivity contribution in [3.05, 3.63) is 34.1 Å². The molecule has 19 heavy (non-hydrogen) atoms. The predicted octanol–water partition coefficient (Wildman–Crippen LogP) is 3.79. The van der Waals surface area contributed by atoms with Gasteiger partial charge in [0.2, 0.25) is 0 Å². The minimum Gasteiger partial charge on any atom is -0.271 e. The summed E-state index contributed by atoms with van der Waals surface area (Å²) in [6, 6.07) is 5.14. The molecule has 2 rings (SSSR count). The number of halogens is 2. The lowest BCUT2D eigenvalue weighted by Gasteiger charge is -2.33. The van der Waals surface area contributed by atoms with Crippen LogP contribution in [0.4, 0.5) is 4.39 Å². The summed E-state index contributed by atoms with van der Waals surface area (Å²) in [6.45, 7) is 2.31.